The van der Waals surface area contributed by atoms with Crippen LogP contribution in [-0.2, 0) is 6.42 Å². The highest BCUT2D eigenvalue weighted by Crippen LogP contribution is 2.35. The number of hydrogen-bond donors (Lipinski definition) is 1. The van der Waals surface area contributed by atoms with Gasteiger partial charge in [0, 0.05) is 17.3 Å². The first kappa shape index (κ1) is 11.8. The second-order valence-corrected chi connectivity index (χ2v) is 6.11. The molecular weight excluding hydrogens is 270 g/mol. The number of anilines is 1. The van der Waals surface area contributed by atoms with Crippen molar-refractivity contribution in [3.8, 4) is 0 Å². The van der Waals surface area contributed by atoms with Crippen molar-refractivity contribution < 1.29 is 0 Å². The molecule has 3 aromatic heterocycles. The molecule has 0 bridgehead atoms. The molecule has 1 N–H and O–H groups in total. The number of nitrogens with one attached hydrogen (secondary N) is 1. The standard InChI is InChI=1S/C14H15N5S/c1-9-17-18-14-13(15-6-7-19(9)14)16-11-3-2-4-12-10(11)5-8-20-12/h5-8,11H,2-4H2,1H3,(H,15,16). The highest BCUT2D eigenvalue weighted by molar-refractivity contribution is 7.10. The average molecular weight is 285 g/mol. The van der Waals surface area contributed by atoms with Crippen LogP contribution in [0.4, 0.5) is 5.82 Å². The van der Waals surface area contributed by atoms with Gasteiger partial charge in [0.2, 0.25) is 5.65 Å². The van der Waals surface area contributed by atoms with Crippen molar-refractivity contribution in [1.82, 2.24) is 19.6 Å². The SMILES string of the molecule is Cc1nnc2c(NC3CCCc4sccc43)nccn12. The van der Waals surface area contributed by atoms with E-state index in [0.717, 1.165) is 23.7 Å². The molecule has 0 saturated heterocycles. The van der Waals surface area contributed by atoms with Gasteiger partial charge in [-0.05, 0) is 43.2 Å². The lowest BCUT2D eigenvalue weighted by atomic mass is 9.94. The van der Waals surface area contributed by atoms with Gasteiger partial charge in [-0.15, -0.1) is 21.5 Å². The lowest BCUT2D eigenvalue weighted by Crippen LogP contribution is -2.17. The molecule has 102 valence electrons. The third-order valence-electron chi connectivity index (χ3n) is 3.86. The largest absolute Gasteiger partial charge is 0.360 e. The van der Waals surface area contributed by atoms with Crippen molar-refractivity contribution in [2.45, 2.75) is 32.2 Å². The second kappa shape index (κ2) is 4.56. The van der Waals surface area contributed by atoms with Crippen LogP contribution in [0.5, 0.6) is 0 Å². The van der Waals surface area contributed by atoms with E-state index in [0.29, 0.717) is 6.04 Å². The Bertz CT molecular complexity index is 760. The van der Waals surface area contributed by atoms with Crippen molar-refractivity contribution in [2.24, 2.45) is 0 Å². The molecule has 0 saturated carbocycles. The third kappa shape index (κ3) is 1.79. The van der Waals surface area contributed by atoms with Crippen LogP contribution in [0.1, 0.15) is 35.1 Å². The van der Waals surface area contributed by atoms with Crippen LogP contribution < -0.4 is 5.32 Å². The molecule has 1 unspecified atom stereocenters. The Morgan fingerprint density at radius 1 is 1.40 bits per heavy atom. The molecule has 0 aliphatic heterocycles. The minimum Gasteiger partial charge on any atom is -0.360 e. The first-order valence-electron chi connectivity index (χ1n) is 6.82. The highest BCUT2D eigenvalue weighted by Gasteiger charge is 2.22. The lowest BCUT2D eigenvalue weighted by Gasteiger charge is -2.24. The molecule has 5 nitrogen and oxygen atoms in total. The van der Waals surface area contributed by atoms with Crippen LogP contribution in [0.15, 0.2) is 23.8 Å². The first-order chi connectivity index (χ1) is 9.83. The van der Waals surface area contributed by atoms with E-state index >= 15 is 0 Å². The van der Waals surface area contributed by atoms with Gasteiger partial charge in [0.1, 0.15) is 5.82 Å². The van der Waals surface area contributed by atoms with Gasteiger partial charge in [0.15, 0.2) is 5.82 Å². The van der Waals surface area contributed by atoms with Crippen LogP contribution in [0.2, 0.25) is 0 Å². The number of aryl methyl sites for hydroxylation is 2. The topological polar surface area (TPSA) is 55.1 Å². The normalized spacial score (nSPS) is 18.1. The highest BCUT2D eigenvalue weighted by atomic mass is 32.1. The van der Waals surface area contributed by atoms with E-state index in [-0.39, 0.29) is 0 Å². The van der Waals surface area contributed by atoms with E-state index in [1.165, 1.54) is 23.3 Å². The summed E-state index contributed by atoms with van der Waals surface area (Å²) in [6, 6.07) is 2.56. The Morgan fingerprint density at radius 3 is 3.30 bits per heavy atom. The summed E-state index contributed by atoms with van der Waals surface area (Å²) in [6.45, 7) is 1.95. The minimum atomic E-state index is 0.334. The smallest absolute Gasteiger partial charge is 0.203 e. The fourth-order valence-electron chi connectivity index (χ4n) is 2.84. The van der Waals surface area contributed by atoms with Gasteiger partial charge in [-0.3, -0.25) is 4.40 Å². The second-order valence-electron chi connectivity index (χ2n) is 5.10. The zero-order chi connectivity index (χ0) is 13.5. The first-order valence-corrected chi connectivity index (χ1v) is 7.70. The van der Waals surface area contributed by atoms with E-state index in [1.807, 2.05) is 28.9 Å². The van der Waals surface area contributed by atoms with Crippen molar-refractivity contribution in [2.75, 3.05) is 5.32 Å². The predicted molar refractivity (Wildman–Crippen MR) is 79.1 cm³/mol. The summed E-state index contributed by atoms with van der Waals surface area (Å²) in [4.78, 5) is 5.94. The van der Waals surface area contributed by atoms with Gasteiger partial charge in [0.05, 0.1) is 6.04 Å². The molecule has 3 heterocycles. The summed E-state index contributed by atoms with van der Waals surface area (Å²) in [5.74, 6) is 1.70. The number of thiophene rings is 1. The van der Waals surface area contributed by atoms with Gasteiger partial charge in [0.25, 0.3) is 0 Å². The molecule has 1 aliphatic rings. The number of hydrogen-bond acceptors (Lipinski definition) is 5. The van der Waals surface area contributed by atoms with Gasteiger partial charge in [-0.25, -0.2) is 4.98 Å². The van der Waals surface area contributed by atoms with Crippen LogP contribution in [0.3, 0.4) is 0 Å². The monoisotopic (exact) mass is 285 g/mol. The van der Waals surface area contributed by atoms with E-state index < -0.39 is 0 Å². The maximum atomic E-state index is 4.44. The van der Waals surface area contributed by atoms with Gasteiger partial charge in [-0.2, -0.15) is 0 Å². The van der Waals surface area contributed by atoms with Crippen molar-refractivity contribution >= 4 is 22.8 Å². The molecule has 0 aromatic carbocycles. The molecule has 20 heavy (non-hydrogen) atoms. The summed E-state index contributed by atoms with van der Waals surface area (Å²) in [6.07, 6.45) is 7.25. The number of aromatic nitrogens is 4. The minimum absolute atomic E-state index is 0.334. The van der Waals surface area contributed by atoms with E-state index in [1.54, 1.807) is 6.20 Å². The fourth-order valence-corrected chi connectivity index (χ4v) is 3.83. The summed E-state index contributed by atoms with van der Waals surface area (Å²) < 4.78 is 1.96. The van der Waals surface area contributed by atoms with Crippen LogP contribution in [-0.4, -0.2) is 19.6 Å². The lowest BCUT2D eigenvalue weighted by molar-refractivity contribution is 0.607. The Labute approximate surface area is 120 Å². The van der Waals surface area contributed by atoms with Gasteiger partial charge in [-0.1, -0.05) is 0 Å². The quantitative estimate of drug-likeness (QED) is 0.786. The van der Waals surface area contributed by atoms with E-state index in [9.17, 15) is 0 Å². The summed E-state index contributed by atoms with van der Waals surface area (Å²) >= 11 is 1.85. The summed E-state index contributed by atoms with van der Waals surface area (Å²) in [7, 11) is 0. The maximum absolute atomic E-state index is 4.44. The van der Waals surface area contributed by atoms with E-state index in [4.69, 9.17) is 0 Å². The third-order valence-corrected chi connectivity index (χ3v) is 4.86. The Balaban J connectivity index is 1.73. The molecule has 0 fully saturated rings. The summed E-state index contributed by atoms with van der Waals surface area (Å²) in [5, 5.41) is 14.1. The summed E-state index contributed by atoms with van der Waals surface area (Å²) in [5.41, 5.74) is 2.22. The molecule has 0 spiro atoms. The number of rotatable bonds is 2. The Morgan fingerprint density at radius 2 is 2.35 bits per heavy atom. The molecule has 6 heteroatoms. The Hall–Kier alpha value is -1.95. The van der Waals surface area contributed by atoms with Gasteiger partial charge < -0.3 is 5.32 Å². The van der Waals surface area contributed by atoms with Gasteiger partial charge >= 0.3 is 0 Å². The molecule has 3 aromatic rings. The zero-order valence-electron chi connectivity index (χ0n) is 11.2. The fraction of sp³-hybridized carbons (Fsp3) is 0.357. The predicted octanol–water partition coefficient (Wildman–Crippen LogP) is 2.98. The molecule has 1 atom stereocenters. The molecular formula is C14H15N5S. The van der Waals surface area contributed by atoms with E-state index in [2.05, 4.69) is 31.9 Å². The van der Waals surface area contributed by atoms with Crippen LogP contribution in [0.25, 0.3) is 5.65 Å². The molecule has 1 aliphatic carbocycles. The van der Waals surface area contributed by atoms with Crippen LogP contribution >= 0.6 is 11.3 Å². The van der Waals surface area contributed by atoms with Crippen molar-refractivity contribution in [1.29, 1.82) is 0 Å². The van der Waals surface area contributed by atoms with Crippen LogP contribution in [0, 0.1) is 6.92 Å². The Kier molecular flexibility index (Phi) is 2.70. The molecule has 4 rings (SSSR count). The van der Waals surface area contributed by atoms with Crippen molar-refractivity contribution in [3.63, 3.8) is 0 Å². The molecule has 0 radical (unpaired) electrons. The zero-order valence-corrected chi connectivity index (χ0v) is 12.0. The maximum Gasteiger partial charge on any atom is 0.203 e. The van der Waals surface area contributed by atoms with Crippen molar-refractivity contribution in [3.05, 3.63) is 40.1 Å². The number of fused-ring (bicyclic) bond motifs is 2. The average Bonchev–Trinajstić information content (AvgIpc) is 3.08. The number of nitrogens with zero attached hydrogens (tertiary/aromatic N) is 4. The molecule has 0 amide bonds.